The highest BCUT2D eigenvalue weighted by Gasteiger charge is 2.20. The Bertz CT molecular complexity index is 422. The van der Waals surface area contributed by atoms with E-state index in [-0.39, 0.29) is 0 Å². The lowest BCUT2D eigenvalue weighted by Crippen LogP contribution is -2.32. The molecular weight excluding hydrogens is 236 g/mol. The van der Waals surface area contributed by atoms with Crippen LogP contribution in [0.5, 0.6) is 0 Å². The van der Waals surface area contributed by atoms with E-state index in [2.05, 4.69) is 43.0 Å². The molecule has 0 aliphatic carbocycles. The van der Waals surface area contributed by atoms with Crippen LogP contribution >= 0.6 is 0 Å². The molecule has 1 saturated heterocycles. The van der Waals surface area contributed by atoms with Crippen molar-refractivity contribution in [3.8, 4) is 0 Å². The molecule has 0 radical (unpaired) electrons. The lowest BCUT2D eigenvalue weighted by Gasteiger charge is -2.24. The van der Waals surface area contributed by atoms with E-state index in [1.54, 1.807) is 0 Å². The van der Waals surface area contributed by atoms with E-state index in [1.165, 1.54) is 43.7 Å². The number of hydrogen-bond acceptors (Lipinski definition) is 3. The molecule has 0 saturated carbocycles. The number of anilines is 1. The van der Waals surface area contributed by atoms with Crippen LogP contribution in [0.25, 0.3) is 0 Å². The molecule has 1 aliphatic rings. The Balaban J connectivity index is 2.00. The predicted molar refractivity (Wildman–Crippen MR) is 80.7 cm³/mol. The number of aromatic nitrogens is 2. The van der Waals surface area contributed by atoms with E-state index in [1.807, 2.05) is 11.7 Å². The van der Waals surface area contributed by atoms with Crippen LogP contribution in [0.3, 0.4) is 0 Å². The SMILES string of the molecule is Cc1nn(C)c(C)c1NC1CCCN(C(C)C)CC1. The van der Waals surface area contributed by atoms with E-state index in [9.17, 15) is 0 Å². The molecule has 1 aromatic rings. The molecule has 1 aliphatic heterocycles. The van der Waals surface area contributed by atoms with Gasteiger partial charge in [-0.3, -0.25) is 4.68 Å². The first-order valence-electron chi connectivity index (χ1n) is 7.49. The van der Waals surface area contributed by atoms with Crippen molar-refractivity contribution in [1.29, 1.82) is 0 Å². The highest BCUT2D eigenvalue weighted by Crippen LogP contribution is 2.23. The third-order valence-electron chi connectivity index (χ3n) is 4.35. The van der Waals surface area contributed by atoms with Crippen molar-refractivity contribution in [2.75, 3.05) is 18.4 Å². The number of aryl methyl sites for hydroxylation is 2. The minimum atomic E-state index is 0.588. The topological polar surface area (TPSA) is 33.1 Å². The van der Waals surface area contributed by atoms with Gasteiger partial charge < -0.3 is 10.2 Å². The normalized spacial score (nSPS) is 21.7. The Labute approximate surface area is 117 Å². The first kappa shape index (κ1) is 14.4. The van der Waals surface area contributed by atoms with Crippen molar-refractivity contribution in [2.45, 2.75) is 59.0 Å². The van der Waals surface area contributed by atoms with Gasteiger partial charge in [-0.15, -0.1) is 0 Å². The second kappa shape index (κ2) is 5.95. The van der Waals surface area contributed by atoms with Gasteiger partial charge in [-0.1, -0.05) is 0 Å². The minimum absolute atomic E-state index is 0.588. The van der Waals surface area contributed by atoms with Crippen LogP contribution in [0, 0.1) is 13.8 Å². The van der Waals surface area contributed by atoms with Gasteiger partial charge in [-0.05, 0) is 53.5 Å². The first-order chi connectivity index (χ1) is 8.99. The van der Waals surface area contributed by atoms with Gasteiger partial charge in [0.05, 0.1) is 17.1 Å². The molecule has 0 spiro atoms. The average Bonchev–Trinajstić information content (AvgIpc) is 2.58. The third kappa shape index (κ3) is 3.30. The maximum absolute atomic E-state index is 4.49. The second-order valence-electron chi connectivity index (χ2n) is 6.07. The average molecular weight is 264 g/mol. The molecule has 4 nitrogen and oxygen atoms in total. The van der Waals surface area contributed by atoms with Crippen molar-refractivity contribution in [3.63, 3.8) is 0 Å². The summed E-state index contributed by atoms with van der Waals surface area (Å²) in [7, 11) is 2.01. The summed E-state index contributed by atoms with van der Waals surface area (Å²) >= 11 is 0. The maximum atomic E-state index is 4.49. The number of likely N-dealkylation sites (tertiary alicyclic amines) is 1. The number of nitrogens with one attached hydrogen (secondary N) is 1. The summed E-state index contributed by atoms with van der Waals surface area (Å²) in [4.78, 5) is 2.59. The zero-order chi connectivity index (χ0) is 14.0. The Hall–Kier alpha value is -1.03. The standard InChI is InChI=1S/C15H28N4/c1-11(2)19-9-6-7-14(8-10-19)16-15-12(3)17-18(5)13(15)4/h11,14,16H,6-10H2,1-5H3. The zero-order valence-corrected chi connectivity index (χ0v) is 13.0. The van der Waals surface area contributed by atoms with E-state index in [4.69, 9.17) is 0 Å². The van der Waals surface area contributed by atoms with E-state index in [0.717, 1.165) is 5.69 Å². The van der Waals surface area contributed by atoms with Crippen LogP contribution in [-0.4, -0.2) is 39.9 Å². The van der Waals surface area contributed by atoms with Gasteiger partial charge in [-0.2, -0.15) is 5.10 Å². The lowest BCUT2D eigenvalue weighted by atomic mass is 10.1. The molecule has 0 aromatic carbocycles. The van der Waals surface area contributed by atoms with Gasteiger partial charge >= 0.3 is 0 Å². The van der Waals surface area contributed by atoms with Crippen LogP contribution in [-0.2, 0) is 7.05 Å². The second-order valence-corrected chi connectivity index (χ2v) is 6.07. The molecule has 2 rings (SSSR count). The first-order valence-corrected chi connectivity index (χ1v) is 7.49. The van der Waals surface area contributed by atoms with Gasteiger partial charge in [0.1, 0.15) is 0 Å². The molecule has 0 bridgehead atoms. The fourth-order valence-corrected chi connectivity index (χ4v) is 2.97. The van der Waals surface area contributed by atoms with Crippen LogP contribution in [0.2, 0.25) is 0 Å². The Morgan fingerprint density at radius 1 is 1.21 bits per heavy atom. The summed E-state index contributed by atoms with van der Waals surface area (Å²) < 4.78 is 1.97. The Morgan fingerprint density at radius 2 is 1.95 bits per heavy atom. The monoisotopic (exact) mass is 264 g/mol. The lowest BCUT2D eigenvalue weighted by molar-refractivity contribution is 0.230. The third-order valence-corrected chi connectivity index (χ3v) is 4.35. The molecule has 19 heavy (non-hydrogen) atoms. The van der Waals surface area contributed by atoms with Crippen LogP contribution < -0.4 is 5.32 Å². The summed E-state index contributed by atoms with van der Waals surface area (Å²) in [6, 6.07) is 1.26. The van der Waals surface area contributed by atoms with Crippen molar-refractivity contribution in [1.82, 2.24) is 14.7 Å². The molecular formula is C15H28N4. The van der Waals surface area contributed by atoms with Gasteiger partial charge in [-0.25, -0.2) is 0 Å². The summed E-state index contributed by atoms with van der Waals surface area (Å²) in [6.45, 7) is 11.3. The molecule has 2 heterocycles. The molecule has 1 fully saturated rings. The number of rotatable bonds is 3. The smallest absolute Gasteiger partial charge is 0.0827 e. The fraction of sp³-hybridized carbons (Fsp3) is 0.800. The molecule has 1 unspecified atom stereocenters. The summed E-state index contributed by atoms with van der Waals surface area (Å²) in [6.07, 6.45) is 3.77. The van der Waals surface area contributed by atoms with Crippen LogP contribution in [0.1, 0.15) is 44.5 Å². The summed E-state index contributed by atoms with van der Waals surface area (Å²) in [5, 5.41) is 8.21. The van der Waals surface area contributed by atoms with E-state index >= 15 is 0 Å². The van der Waals surface area contributed by atoms with Gasteiger partial charge in [0.2, 0.25) is 0 Å². The largest absolute Gasteiger partial charge is 0.379 e. The van der Waals surface area contributed by atoms with E-state index < -0.39 is 0 Å². The zero-order valence-electron chi connectivity index (χ0n) is 13.0. The van der Waals surface area contributed by atoms with Crippen LogP contribution in [0.4, 0.5) is 5.69 Å². The quantitative estimate of drug-likeness (QED) is 0.911. The van der Waals surface area contributed by atoms with Crippen molar-refractivity contribution in [3.05, 3.63) is 11.4 Å². The Morgan fingerprint density at radius 3 is 2.53 bits per heavy atom. The predicted octanol–water partition coefficient (Wildman–Crippen LogP) is 2.71. The van der Waals surface area contributed by atoms with Gasteiger partial charge in [0.25, 0.3) is 0 Å². The molecule has 1 atom stereocenters. The highest BCUT2D eigenvalue weighted by atomic mass is 15.3. The van der Waals surface area contributed by atoms with Crippen molar-refractivity contribution in [2.24, 2.45) is 7.05 Å². The Kier molecular flexibility index (Phi) is 4.50. The fourth-order valence-electron chi connectivity index (χ4n) is 2.97. The summed E-state index contributed by atoms with van der Waals surface area (Å²) in [5.74, 6) is 0. The van der Waals surface area contributed by atoms with Crippen molar-refractivity contribution < 1.29 is 0 Å². The molecule has 1 N–H and O–H groups in total. The number of hydrogen-bond donors (Lipinski definition) is 1. The molecule has 108 valence electrons. The van der Waals surface area contributed by atoms with Gasteiger partial charge in [0, 0.05) is 25.7 Å². The maximum Gasteiger partial charge on any atom is 0.0827 e. The number of nitrogens with zero attached hydrogens (tertiary/aromatic N) is 3. The van der Waals surface area contributed by atoms with Crippen LogP contribution in [0.15, 0.2) is 0 Å². The van der Waals surface area contributed by atoms with E-state index in [0.29, 0.717) is 12.1 Å². The highest BCUT2D eigenvalue weighted by molar-refractivity contribution is 5.52. The molecule has 4 heteroatoms. The van der Waals surface area contributed by atoms with Gasteiger partial charge in [0.15, 0.2) is 0 Å². The molecule has 0 amide bonds. The van der Waals surface area contributed by atoms with Crippen molar-refractivity contribution >= 4 is 5.69 Å². The summed E-state index contributed by atoms with van der Waals surface area (Å²) in [5.41, 5.74) is 3.60. The minimum Gasteiger partial charge on any atom is -0.379 e. The molecule has 1 aromatic heterocycles.